The maximum Gasteiger partial charge on any atom is 0.276 e. The Morgan fingerprint density at radius 2 is 2.00 bits per heavy atom. The lowest BCUT2D eigenvalue weighted by atomic mass is 10.3. The van der Waals surface area contributed by atoms with Crippen LogP contribution in [0, 0.1) is 0 Å². The van der Waals surface area contributed by atoms with Crippen molar-refractivity contribution in [2.45, 2.75) is 31.7 Å². The molecule has 1 saturated heterocycles. The Morgan fingerprint density at radius 3 is 2.77 bits per heavy atom. The highest BCUT2D eigenvalue weighted by Crippen LogP contribution is 2.39. The zero-order valence-corrected chi connectivity index (χ0v) is 12.8. The Hall–Kier alpha value is -1.66. The molecule has 0 spiro atoms. The Kier molecular flexibility index (Phi) is 3.72. The molecule has 2 aliphatic rings. The average Bonchev–Trinajstić information content (AvgIpc) is 3.30. The number of hydrogen-bond donors (Lipinski definition) is 0. The first-order valence-electron chi connectivity index (χ1n) is 8.20. The Balaban J connectivity index is 1.44. The molecular weight excluding hydrogens is 280 g/mol. The highest BCUT2D eigenvalue weighted by atomic mass is 16.5. The number of hydrogen-bond acceptors (Lipinski definition) is 4. The van der Waals surface area contributed by atoms with E-state index in [1.807, 2.05) is 23.0 Å². The van der Waals surface area contributed by atoms with Crippen LogP contribution in [0.15, 0.2) is 23.3 Å². The number of ether oxygens (including phenoxy) is 1. The van der Waals surface area contributed by atoms with Gasteiger partial charge in [-0.2, -0.15) is 5.10 Å². The molecule has 1 saturated carbocycles. The van der Waals surface area contributed by atoms with Gasteiger partial charge in [0.15, 0.2) is 0 Å². The number of rotatable bonds is 5. The van der Waals surface area contributed by atoms with E-state index < -0.39 is 0 Å². The summed E-state index contributed by atoms with van der Waals surface area (Å²) in [7, 11) is 0. The SMILES string of the molecule is O=c1c2cc(C3CC3)nn2ccn1CCCN1CCOCC1. The zero-order chi connectivity index (χ0) is 14.9. The summed E-state index contributed by atoms with van der Waals surface area (Å²) in [5.41, 5.74) is 1.85. The second-order valence-electron chi connectivity index (χ2n) is 6.28. The molecule has 6 heteroatoms. The monoisotopic (exact) mass is 302 g/mol. The standard InChI is InChI=1S/C16H22N4O2/c21-16-15-12-14(13-2-3-13)17-20(15)7-6-19(16)5-1-4-18-8-10-22-11-9-18/h6-7,12-13H,1-5,8-11H2. The first-order chi connectivity index (χ1) is 10.8. The maximum atomic E-state index is 12.5. The van der Waals surface area contributed by atoms with Crippen LogP contribution in [0.2, 0.25) is 0 Å². The van der Waals surface area contributed by atoms with Crippen molar-refractivity contribution in [3.63, 3.8) is 0 Å². The topological polar surface area (TPSA) is 51.8 Å². The molecule has 0 amide bonds. The van der Waals surface area contributed by atoms with E-state index in [0.29, 0.717) is 11.4 Å². The molecule has 22 heavy (non-hydrogen) atoms. The highest BCUT2D eigenvalue weighted by molar-refractivity contribution is 5.46. The largest absolute Gasteiger partial charge is 0.379 e. The predicted molar refractivity (Wildman–Crippen MR) is 83.3 cm³/mol. The van der Waals surface area contributed by atoms with Crippen LogP contribution >= 0.6 is 0 Å². The van der Waals surface area contributed by atoms with Gasteiger partial charge in [0.25, 0.3) is 5.56 Å². The Labute approximate surface area is 129 Å². The fourth-order valence-electron chi connectivity index (χ4n) is 3.09. The lowest BCUT2D eigenvalue weighted by Crippen LogP contribution is -2.37. The summed E-state index contributed by atoms with van der Waals surface area (Å²) in [4.78, 5) is 14.9. The summed E-state index contributed by atoms with van der Waals surface area (Å²) in [6.07, 6.45) is 7.16. The van der Waals surface area contributed by atoms with Gasteiger partial charge in [0.2, 0.25) is 0 Å². The van der Waals surface area contributed by atoms with Gasteiger partial charge >= 0.3 is 0 Å². The number of aromatic nitrogens is 3. The van der Waals surface area contributed by atoms with Gasteiger partial charge in [0.1, 0.15) is 5.52 Å². The number of aryl methyl sites for hydroxylation is 1. The van der Waals surface area contributed by atoms with Crippen molar-refractivity contribution in [1.82, 2.24) is 19.1 Å². The minimum Gasteiger partial charge on any atom is -0.379 e. The van der Waals surface area contributed by atoms with Crippen molar-refractivity contribution >= 4 is 5.52 Å². The van der Waals surface area contributed by atoms with E-state index in [9.17, 15) is 4.79 Å². The first kappa shape index (κ1) is 14.0. The van der Waals surface area contributed by atoms with Crippen molar-refractivity contribution in [1.29, 1.82) is 0 Å². The molecule has 4 rings (SSSR count). The van der Waals surface area contributed by atoms with Crippen molar-refractivity contribution in [3.05, 3.63) is 34.5 Å². The van der Waals surface area contributed by atoms with E-state index in [1.54, 1.807) is 4.52 Å². The molecule has 0 unspecified atom stereocenters. The third-order valence-electron chi connectivity index (χ3n) is 4.60. The summed E-state index contributed by atoms with van der Waals surface area (Å²) in [6, 6.07) is 1.97. The molecule has 0 N–H and O–H groups in total. The first-order valence-corrected chi connectivity index (χ1v) is 8.20. The lowest BCUT2D eigenvalue weighted by Gasteiger charge is -2.26. The van der Waals surface area contributed by atoms with Crippen LogP contribution in [0.1, 0.15) is 30.9 Å². The van der Waals surface area contributed by atoms with Crippen LogP contribution in [0.5, 0.6) is 0 Å². The van der Waals surface area contributed by atoms with Crippen LogP contribution in [0.3, 0.4) is 0 Å². The van der Waals surface area contributed by atoms with Crippen LogP contribution < -0.4 is 5.56 Å². The Bertz CT molecular complexity index is 710. The second-order valence-corrected chi connectivity index (χ2v) is 6.28. The van der Waals surface area contributed by atoms with Gasteiger partial charge in [-0.25, -0.2) is 4.52 Å². The second kappa shape index (κ2) is 5.85. The number of fused-ring (bicyclic) bond motifs is 1. The fourth-order valence-corrected chi connectivity index (χ4v) is 3.09. The average molecular weight is 302 g/mol. The summed E-state index contributed by atoms with van der Waals surface area (Å²) >= 11 is 0. The summed E-state index contributed by atoms with van der Waals surface area (Å²) < 4.78 is 8.90. The van der Waals surface area contributed by atoms with E-state index in [1.165, 1.54) is 12.8 Å². The van der Waals surface area contributed by atoms with E-state index in [2.05, 4.69) is 10.00 Å². The molecule has 0 aromatic carbocycles. The Morgan fingerprint density at radius 1 is 1.18 bits per heavy atom. The van der Waals surface area contributed by atoms with Crippen LogP contribution in [0.4, 0.5) is 0 Å². The molecule has 0 radical (unpaired) electrons. The molecule has 6 nitrogen and oxygen atoms in total. The van der Waals surface area contributed by atoms with E-state index in [0.717, 1.165) is 51.5 Å². The van der Waals surface area contributed by atoms with Crippen molar-refractivity contribution in [3.8, 4) is 0 Å². The molecule has 118 valence electrons. The van der Waals surface area contributed by atoms with E-state index in [-0.39, 0.29) is 5.56 Å². The van der Waals surface area contributed by atoms with E-state index in [4.69, 9.17) is 4.74 Å². The minimum atomic E-state index is 0.0730. The van der Waals surface area contributed by atoms with Crippen LogP contribution in [-0.2, 0) is 11.3 Å². The van der Waals surface area contributed by atoms with Crippen molar-refractivity contribution in [2.75, 3.05) is 32.8 Å². The van der Waals surface area contributed by atoms with Gasteiger partial charge < -0.3 is 9.30 Å². The number of morpholine rings is 1. The van der Waals surface area contributed by atoms with Crippen LogP contribution in [-0.4, -0.2) is 51.9 Å². The third kappa shape index (κ3) is 2.80. The molecule has 0 bridgehead atoms. The van der Waals surface area contributed by atoms with E-state index >= 15 is 0 Å². The highest BCUT2D eigenvalue weighted by Gasteiger charge is 2.26. The van der Waals surface area contributed by atoms with Gasteiger partial charge in [-0.3, -0.25) is 9.69 Å². The maximum absolute atomic E-state index is 12.5. The molecule has 2 fully saturated rings. The smallest absolute Gasteiger partial charge is 0.276 e. The number of nitrogens with zero attached hydrogens (tertiary/aromatic N) is 4. The van der Waals surface area contributed by atoms with Gasteiger partial charge in [-0.05, 0) is 25.3 Å². The molecule has 2 aromatic heterocycles. The molecule has 2 aromatic rings. The minimum absolute atomic E-state index is 0.0730. The van der Waals surface area contributed by atoms with Gasteiger partial charge in [0.05, 0.1) is 18.9 Å². The third-order valence-corrected chi connectivity index (χ3v) is 4.60. The molecule has 0 atom stereocenters. The van der Waals surface area contributed by atoms with Crippen LogP contribution in [0.25, 0.3) is 5.52 Å². The normalized spacial score (nSPS) is 19.8. The van der Waals surface area contributed by atoms with Crippen molar-refractivity contribution < 1.29 is 4.74 Å². The summed E-state index contributed by atoms with van der Waals surface area (Å²) in [6.45, 7) is 5.43. The summed E-state index contributed by atoms with van der Waals surface area (Å²) in [5.74, 6) is 0.578. The molecular formula is C16H22N4O2. The quantitative estimate of drug-likeness (QED) is 0.830. The molecule has 1 aliphatic carbocycles. The van der Waals surface area contributed by atoms with Gasteiger partial charge in [-0.1, -0.05) is 0 Å². The summed E-state index contributed by atoms with van der Waals surface area (Å²) in [5, 5.41) is 4.51. The zero-order valence-electron chi connectivity index (χ0n) is 12.8. The van der Waals surface area contributed by atoms with Gasteiger partial charge in [0, 0.05) is 44.5 Å². The molecule has 3 heterocycles. The fraction of sp³-hybridized carbons (Fsp3) is 0.625. The molecule has 1 aliphatic heterocycles. The lowest BCUT2D eigenvalue weighted by molar-refractivity contribution is 0.0369. The predicted octanol–water partition coefficient (Wildman–Crippen LogP) is 1.10. The van der Waals surface area contributed by atoms with Gasteiger partial charge in [-0.15, -0.1) is 0 Å². The van der Waals surface area contributed by atoms with Crippen molar-refractivity contribution in [2.24, 2.45) is 0 Å².